The van der Waals surface area contributed by atoms with Crippen molar-refractivity contribution in [2.45, 2.75) is 44.7 Å². The third-order valence-corrected chi connectivity index (χ3v) is 4.76. The summed E-state index contributed by atoms with van der Waals surface area (Å²) in [4.78, 5) is 14.9. The molecule has 2 saturated heterocycles. The van der Waals surface area contributed by atoms with Crippen molar-refractivity contribution in [1.29, 1.82) is 0 Å². The average Bonchev–Trinajstić information content (AvgIpc) is 2.71. The highest BCUT2D eigenvalue weighted by Crippen LogP contribution is 2.30. The van der Waals surface area contributed by atoms with Gasteiger partial charge in [0.1, 0.15) is 5.82 Å². The molecule has 3 rings (SSSR count). The van der Waals surface area contributed by atoms with Crippen molar-refractivity contribution in [3.63, 3.8) is 0 Å². The van der Waals surface area contributed by atoms with Crippen LogP contribution >= 0.6 is 0 Å². The molecule has 3 unspecified atom stereocenters. The fourth-order valence-corrected chi connectivity index (χ4v) is 3.70. The van der Waals surface area contributed by atoms with Crippen LogP contribution in [0.2, 0.25) is 0 Å². The highest BCUT2D eigenvalue weighted by molar-refractivity contribution is 5.80. The number of carbonyl (C=O) groups is 1. The molecule has 21 heavy (non-hydrogen) atoms. The zero-order chi connectivity index (χ0) is 14.8. The van der Waals surface area contributed by atoms with Crippen LogP contribution in [-0.2, 0) is 11.2 Å². The lowest BCUT2D eigenvalue weighted by Crippen LogP contribution is -2.45. The first-order chi connectivity index (χ1) is 10.1. The molecule has 2 aliphatic heterocycles. The minimum Gasteiger partial charge on any atom is -0.335 e. The molecule has 0 aliphatic carbocycles. The van der Waals surface area contributed by atoms with Gasteiger partial charge < -0.3 is 10.2 Å². The van der Waals surface area contributed by atoms with Gasteiger partial charge in [0.05, 0.1) is 0 Å². The van der Waals surface area contributed by atoms with E-state index in [9.17, 15) is 9.18 Å². The van der Waals surface area contributed by atoms with E-state index in [1.165, 1.54) is 12.1 Å². The number of nitrogens with one attached hydrogen (secondary N) is 1. The number of nitrogens with zero attached hydrogens (tertiary/aromatic N) is 1. The van der Waals surface area contributed by atoms with Crippen LogP contribution in [0.5, 0.6) is 0 Å². The Kier molecular flexibility index (Phi) is 4.24. The summed E-state index contributed by atoms with van der Waals surface area (Å²) in [6.07, 6.45) is 3.90. The summed E-state index contributed by atoms with van der Waals surface area (Å²) in [6, 6.07) is 7.32. The minimum absolute atomic E-state index is 0.0898. The van der Waals surface area contributed by atoms with Crippen molar-refractivity contribution in [2.75, 3.05) is 13.1 Å². The SMILES string of the molecule is CC(Cc1cccc(F)c1)C(=O)N1C2CCNCC1CC2. The quantitative estimate of drug-likeness (QED) is 0.927. The second kappa shape index (κ2) is 6.14. The predicted octanol–water partition coefficient (Wildman–Crippen LogP) is 2.36. The van der Waals surface area contributed by atoms with Gasteiger partial charge in [-0.15, -0.1) is 0 Å². The molecule has 1 N–H and O–H groups in total. The van der Waals surface area contributed by atoms with E-state index < -0.39 is 0 Å². The van der Waals surface area contributed by atoms with Gasteiger partial charge in [-0.1, -0.05) is 19.1 Å². The summed E-state index contributed by atoms with van der Waals surface area (Å²) in [5.74, 6) is -0.0883. The monoisotopic (exact) mass is 290 g/mol. The lowest BCUT2D eigenvalue weighted by Gasteiger charge is -2.30. The van der Waals surface area contributed by atoms with Crippen molar-refractivity contribution >= 4 is 5.91 Å². The topological polar surface area (TPSA) is 32.3 Å². The fourth-order valence-electron chi connectivity index (χ4n) is 3.70. The fraction of sp³-hybridized carbons (Fsp3) is 0.588. The number of hydrogen-bond donors (Lipinski definition) is 1. The smallest absolute Gasteiger partial charge is 0.226 e. The normalized spacial score (nSPS) is 26.5. The summed E-state index contributed by atoms with van der Waals surface area (Å²) in [5.41, 5.74) is 0.899. The number of amides is 1. The van der Waals surface area contributed by atoms with Crippen LogP contribution in [0.1, 0.15) is 31.7 Å². The maximum Gasteiger partial charge on any atom is 0.226 e. The molecule has 2 heterocycles. The van der Waals surface area contributed by atoms with Crippen LogP contribution < -0.4 is 5.32 Å². The molecule has 3 atom stereocenters. The molecule has 2 aliphatic rings. The van der Waals surface area contributed by atoms with Crippen LogP contribution in [0.4, 0.5) is 4.39 Å². The van der Waals surface area contributed by atoms with E-state index in [4.69, 9.17) is 0 Å². The van der Waals surface area contributed by atoms with Crippen LogP contribution in [0.15, 0.2) is 24.3 Å². The van der Waals surface area contributed by atoms with Gasteiger partial charge in [-0.3, -0.25) is 4.79 Å². The summed E-state index contributed by atoms with van der Waals surface area (Å²) in [5, 5.41) is 3.42. The Labute approximate surface area is 125 Å². The van der Waals surface area contributed by atoms with Gasteiger partial charge in [-0.05, 0) is 49.9 Å². The maximum atomic E-state index is 13.3. The number of carbonyl (C=O) groups excluding carboxylic acids is 1. The van der Waals surface area contributed by atoms with Crippen LogP contribution in [-0.4, -0.2) is 36.0 Å². The Morgan fingerprint density at radius 2 is 2.19 bits per heavy atom. The molecule has 1 amide bonds. The second-order valence-electron chi connectivity index (χ2n) is 6.36. The van der Waals surface area contributed by atoms with Gasteiger partial charge in [0, 0.05) is 24.5 Å². The lowest BCUT2D eigenvalue weighted by molar-refractivity contribution is -0.137. The molecule has 4 heteroatoms. The van der Waals surface area contributed by atoms with E-state index in [0.717, 1.165) is 37.9 Å². The van der Waals surface area contributed by atoms with E-state index in [1.54, 1.807) is 6.07 Å². The Balaban J connectivity index is 1.69. The minimum atomic E-state index is -0.230. The Morgan fingerprint density at radius 3 is 3.00 bits per heavy atom. The molecule has 1 aromatic carbocycles. The number of rotatable bonds is 3. The molecule has 3 nitrogen and oxygen atoms in total. The van der Waals surface area contributed by atoms with Gasteiger partial charge in [-0.2, -0.15) is 0 Å². The number of fused-ring (bicyclic) bond motifs is 2. The number of benzene rings is 1. The Morgan fingerprint density at radius 1 is 1.38 bits per heavy atom. The Bertz CT molecular complexity index is 505. The maximum absolute atomic E-state index is 13.3. The second-order valence-corrected chi connectivity index (χ2v) is 6.36. The molecule has 114 valence electrons. The highest BCUT2D eigenvalue weighted by Gasteiger charge is 2.39. The predicted molar refractivity (Wildman–Crippen MR) is 80.4 cm³/mol. The summed E-state index contributed by atoms with van der Waals surface area (Å²) < 4.78 is 13.3. The third kappa shape index (κ3) is 3.10. The molecule has 0 saturated carbocycles. The van der Waals surface area contributed by atoms with E-state index in [2.05, 4.69) is 10.2 Å². The first kappa shape index (κ1) is 14.5. The summed E-state index contributed by atoms with van der Waals surface area (Å²) in [7, 11) is 0. The lowest BCUT2D eigenvalue weighted by atomic mass is 9.99. The molecular weight excluding hydrogens is 267 g/mol. The summed E-state index contributed by atoms with van der Waals surface area (Å²) in [6.45, 7) is 3.88. The van der Waals surface area contributed by atoms with Crippen molar-refractivity contribution in [3.05, 3.63) is 35.6 Å². The van der Waals surface area contributed by atoms with Gasteiger partial charge in [0.25, 0.3) is 0 Å². The molecule has 1 aromatic rings. The van der Waals surface area contributed by atoms with Crippen LogP contribution in [0, 0.1) is 11.7 Å². The van der Waals surface area contributed by atoms with Gasteiger partial charge in [-0.25, -0.2) is 4.39 Å². The molecule has 0 spiro atoms. The number of halogens is 1. The highest BCUT2D eigenvalue weighted by atomic mass is 19.1. The zero-order valence-corrected chi connectivity index (χ0v) is 12.5. The summed E-state index contributed by atoms with van der Waals surface area (Å²) >= 11 is 0. The number of hydrogen-bond acceptors (Lipinski definition) is 2. The molecule has 0 aromatic heterocycles. The zero-order valence-electron chi connectivity index (χ0n) is 12.5. The van der Waals surface area contributed by atoms with E-state index >= 15 is 0 Å². The van der Waals surface area contributed by atoms with Crippen molar-refractivity contribution in [3.8, 4) is 0 Å². The average molecular weight is 290 g/mol. The van der Waals surface area contributed by atoms with E-state index in [0.29, 0.717) is 18.5 Å². The molecule has 2 bridgehead atoms. The first-order valence-electron chi connectivity index (χ1n) is 7.92. The third-order valence-electron chi connectivity index (χ3n) is 4.76. The Hall–Kier alpha value is -1.42. The largest absolute Gasteiger partial charge is 0.335 e. The van der Waals surface area contributed by atoms with Crippen molar-refractivity contribution in [2.24, 2.45) is 5.92 Å². The van der Waals surface area contributed by atoms with Gasteiger partial charge >= 0.3 is 0 Å². The van der Waals surface area contributed by atoms with Crippen molar-refractivity contribution in [1.82, 2.24) is 10.2 Å². The molecule has 0 radical (unpaired) electrons. The molecular formula is C17H23FN2O. The first-order valence-corrected chi connectivity index (χ1v) is 7.92. The molecule has 2 fully saturated rings. The van der Waals surface area contributed by atoms with Crippen LogP contribution in [0.3, 0.4) is 0 Å². The van der Waals surface area contributed by atoms with Crippen molar-refractivity contribution < 1.29 is 9.18 Å². The van der Waals surface area contributed by atoms with Crippen LogP contribution in [0.25, 0.3) is 0 Å². The van der Waals surface area contributed by atoms with Gasteiger partial charge in [0.2, 0.25) is 5.91 Å². The standard InChI is InChI=1S/C17H23FN2O/c1-12(9-13-3-2-4-14(18)10-13)17(21)20-15-5-6-16(20)11-19-8-7-15/h2-4,10,12,15-16,19H,5-9,11H2,1H3. The van der Waals surface area contributed by atoms with E-state index in [-0.39, 0.29) is 17.6 Å². The van der Waals surface area contributed by atoms with E-state index in [1.807, 2.05) is 13.0 Å². The van der Waals surface area contributed by atoms with Gasteiger partial charge in [0.15, 0.2) is 0 Å².